The molecule has 26 heavy (non-hydrogen) atoms. The number of hydrogen-bond donors (Lipinski definition) is 2. The molecule has 5 heteroatoms. The predicted octanol–water partition coefficient (Wildman–Crippen LogP) is 3.61. The number of hydrogen-bond acceptors (Lipinski definition) is 5. The summed E-state index contributed by atoms with van der Waals surface area (Å²) in [5.74, 6) is 2.14. The van der Waals surface area contributed by atoms with Gasteiger partial charge in [0, 0.05) is 23.7 Å². The summed E-state index contributed by atoms with van der Waals surface area (Å²) in [5.41, 5.74) is -0.247. The third kappa shape index (κ3) is 2.64. The van der Waals surface area contributed by atoms with Crippen LogP contribution in [-0.4, -0.2) is 41.7 Å². The maximum atomic E-state index is 13.0. The molecule has 4 aliphatic rings. The van der Waals surface area contributed by atoms with Gasteiger partial charge in [-0.1, -0.05) is 13.8 Å². The van der Waals surface area contributed by atoms with Gasteiger partial charge in [0.2, 0.25) is 0 Å². The quantitative estimate of drug-likeness (QED) is 0.732. The van der Waals surface area contributed by atoms with Gasteiger partial charge in [0.1, 0.15) is 5.78 Å². The molecule has 3 aliphatic carbocycles. The van der Waals surface area contributed by atoms with Crippen LogP contribution in [-0.2, 0) is 14.3 Å². The Labute approximate surface area is 162 Å². The lowest BCUT2D eigenvalue weighted by atomic mass is 9.50. The van der Waals surface area contributed by atoms with E-state index < -0.39 is 11.9 Å². The molecule has 148 valence electrons. The van der Waals surface area contributed by atoms with Crippen molar-refractivity contribution in [2.24, 2.45) is 28.6 Å². The minimum Gasteiger partial charge on any atom is -0.393 e. The van der Waals surface area contributed by atoms with Crippen LogP contribution in [0.15, 0.2) is 0 Å². The molecule has 4 rings (SSSR count). The average Bonchev–Trinajstić information content (AvgIpc) is 3.19. The number of thiol groups is 1. The average molecular weight is 383 g/mol. The van der Waals surface area contributed by atoms with Crippen molar-refractivity contribution in [3.8, 4) is 0 Å². The van der Waals surface area contributed by atoms with E-state index in [1.165, 1.54) is 0 Å². The van der Waals surface area contributed by atoms with E-state index in [0.717, 1.165) is 50.7 Å². The number of fused-ring (bicyclic) bond motifs is 2. The van der Waals surface area contributed by atoms with E-state index in [4.69, 9.17) is 9.47 Å². The second-order valence-electron chi connectivity index (χ2n) is 9.57. The first-order chi connectivity index (χ1) is 12.4. The van der Waals surface area contributed by atoms with E-state index in [-0.39, 0.29) is 16.6 Å². The lowest BCUT2D eigenvalue weighted by molar-refractivity contribution is -0.242. The van der Waals surface area contributed by atoms with E-state index in [2.05, 4.69) is 26.5 Å². The Morgan fingerprint density at radius 3 is 2.42 bits per heavy atom. The van der Waals surface area contributed by atoms with Crippen molar-refractivity contribution in [2.45, 2.75) is 77.1 Å². The summed E-state index contributed by atoms with van der Waals surface area (Å²) in [6, 6.07) is 0. The maximum absolute atomic E-state index is 13.0. The first-order valence-corrected chi connectivity index (χ1v) is 11.1. The number of carbonyl (C=O) groups is 1. The van der Waals surface area contributed by atoms with Crippen molar-refractivity contribution < 1.29 is 19.4 Å². The summed E-state index contributed by atoms with van der Waals surface area (Å²) < 4.78 is 12.4. The van der Waals surface area contributed by atoms with Crippen LogP contribution in [0.25, 0.3) is 0 Å². The number of aliphatic hydroxyl groups excluding tert-OH is 1. The highest BCUT2D eigenvalue weighted by molar-refractivity contribution is 7.80. The van der Waals surface area contributed by atoms with Gasteiger partial charge in [0.15, 0.2) is 5.79 Å². The Morgan fingerprint density at radius 2 is 1.77 bits per heavy atom. The lowest BCUT2D eigenvalue weighted by Gasteiger charge is -2.55. The van der Waals surface area contributed by atoms with Crippen LogP contribution in [0, 0.1) is 28.6 Å². The molecule has 0 aromatic rings. The SMILES string of the molecule is C[C@]1(C2CC[C@@]3(C)C(CCC34OCCO4)[C@@H]2CCS)CC[C@H](O)CC1=O. The third-order valence-corrected chi connectivity index (χ3v) is 8.83. The minimum absolute atomic E-state index is 0.0429. The summed E-state index contributed by atoms with van der Waals surface area (Å²) in [7, 11) is 0. The minimum atomic E-state index is -0.442. The van der Waals surface area contributed by atoms with Crippen LogP contribution in [0.3, 0.4) is 0 Å². The van der Waals surface area contributed by atoms with Crippen molar-refractivity contribution in [2.75, 3.05) is 19.0 Å². The van der Waals surface area contributed by atoms with Crippen molar-refractivity contribution in [3.05, 3.63) is 0 Å². The monoisotopic (exact) mass is 382 g/mol. The Morgan fingerprint density at radius 1 is 1.08 bits per heavy atom. The first-order valence-electron chi connectivity index (χ1n) is 10.5. The zero-order valence-electron chi connectivity index (χ0n) is 16.2. The molecule has 0 radical (unpaired) electrons. The molecule has 1 heterocycles. The van der Waals surface area contributed by atoms with Crippen LogP contribution in [0.5, 0.6) is 0 Å². The van der Waals surface area contributed by atoms with E-state index in [9.17, 15) is 9.90 Å². The third-order valence-electron chi connectivity index (χ3n) is 8.57. The van der Waals surface area contributed by atoms with Gasteiger partial charge < -0.3 is 14.6 Å². The van der Waals surface area contributed by atoms with Gasteiger partial charge in [0.25, 0.3) is 0 Å². The largest absolute Gasteiger partial charge is 0.393 e. The number of carbonyl (C=O) groups excluding carboxylic acids is 1. The van der Waals surface area contributed by atoms with E-state index in [0.29, 0.717) is 37.4 Å². The number of rotatable bonds is 3. The van der Waals surface area contributed by atoms with Gasteiger partial charge in [-0.25, -0.2) is 0 Å². The molecule has 1 spiro atoms. The number of ketones is 1. The van der Waals surface area contributed by atoms with Crippen LogP contribution < -0.4 is 0 Å². The topological polar surface area (TPSA) is 55.8 Å². The van der Waals surface area contributed by atoms with Crippen LogP contribution >= 0.6 is 12.6 Å². The van der Waals surface area contributed by atoms with Crippen molar-refractivity contribution >= 4 is 18.4 Å². The molecule has 2 unspecified atom stereocenters. The fourth-order valence-electron chi connectivity index (χ4n) is 7.06. The zero-order chi connectivity index (χ0) is 18.6. The molecular weight excluding hydrogens is 348 g/mol. The summed E-state index contributed by atoms with van der Waals surface area (Å²) >= 11 is 4.57. The van der Waals surface area contributed by atoms with Gasteiger partial charge >= 0.3 is 0 Å². The second kappa shape index (κ2) is 6.75. The van der Waals surface area contributed by atoms with Crippen LogP contribution in [0.2, 0.25) is 0 Å². The maximum Gasteiger partial charge on any atom is 0.174 e. The Hall–Kier alpha value is -0.100. The highest BCUT2D eigenvalue weighted by atomic mass is 32.1. The smallest absolute Gasteiger partial charge is 0.174 e. The molecular formula is C21H34O4S. The number of aliphatic hydroxyl groups is 1. The lowest BCUT2D eigenvalue weighted by Crippen LogP contribution is -2.55. The first kappa shape index (κ1) is 19.2. The highest BCUT2D eigenvalue weighted by Crippen LogP contribution is 2.66. The molecule has 0 bridgehead atoms. The molecule has 1 saturated heterocycles. The van der Waals surface area contributed by atoms with Gasteiger partial charge in [-0.3, -0.25) is 4.79 Å². The Balaban J connectivity index is 1.64. The highest BCUT2D eigenvalue weighted by Gasteiger charge is 2.66. The van der Waals surface area contributed by atoms with Gasteiger partial charge in [-0.15, -0.1) is 0 Å². The molecule has 1 aliphatic heterocycles. The molecule has 0 aromatic carbocycles. The fraction of sp³-hybridized carbons (Fsp3) is 0.952. The van der Waals surface area contributed by atoms with E-state index in [1.54, 1.807) is 0 Å². The molecule has 0 aromatic heterocycles. The Kier molecular flexibility index (Phi) is 4.99. The molecule has 6 atom stereocenters. The summed E-state index contributed by atoms with van der Waals surface area (Å²) in [5, 5.41) is 9.94. The van der Waals surface area contributed by atoms with Gasteiger partial charge in [-0.05, 0) is 62.0 Å². The summed E-state index contributed by atoms with van der Waals surface area (Å²) in [4.78, 5) is 13.0. The Bertz CT molecular complexity index is 560. The zero-order valence-corrected chi connectivity index (χ0v) is 17.1. The molecule has 3 saturated carbocycles. The normalized spacial score (nSPS) is 48.1. The van der Waals surface area contributed by atoms with Crippen molar-refractivity contribution in [1.82, 2.24) is 0 Å². The standard InChI is InChI=1S/C21H34O4S/c1-19(7-3-14(22)13-18(19)23)16-4-8-20(2)17(15(16)6-12-26)5-9-21(20)24-10-11-25-21/h14-17,22,26H,3-13H2,1-2H3/t14-,15+,16?,17?,19+,20-/m0/s1. The van der Waals surface area contributed by atoms with E-state index >= 15 is 0 Å². The summed E-state index contributed by atoms with van der Waals surface area (Å²) in [6.45, 7) is 5.95. The van der Waals surface area contributed by atoms with Crippen LogP contribution in [0.4, 0.5) is 0 Å². The van der Waals surface area contributed by atoms with Crippen molar-refractivity contribution in [3.63, 3.8) is 0 Å². The molecule has 4 nitrogen and oxygen atoms in total. The van der Waals surface area contributed by atoms with Gasteiger partial charge in [0.05, 0.1) is 19.3 Å². The van der Waals surface area contributed by atoms with Crippen molar-refractivity contribution in [1.29, 1.82) is 0 Å². The molecule has 4 fully saturated rings. The second-order valence-corrected chi connectivity index (χ2v) is 10.0. The molecule has 1 N–H and O–H groups in total. The van der Waals surface area contributed by atoms with Crippen LogP contribution in [0.1, 0.15) is 65.2 Å². The fourth-order valence-corrected chi connectivity index (χ4v) is 7.36. The predicted molar refractivity (Wildman–Crippen MR) is 103 cm³/mol. The number of ether oxygens (including phenoxy) is 2. The van der Waals surface area contributed by atoms with Gasteiger partial charge in [-0.2, -0.15) is 12.6 Å². The van der Waals surface area contributed by atoms with E-state index in [1.807, 2.05) is 0 Å². The summed E-state index contributed by atoms with van der Waals surface area (Å²) in [6.07, 6.45) is 6.74. The molecule has 0 amide bonds. The number of Topliss-reactive ketones (excluding diaryl/α,β-unsaturated/α-hetero) is 1.